The monoisotopic (exact) mass is 323 g/mol. The quantitative estimate of drug-likeness (QED) is 0.792. The van der Waals surface area contributed by atoms with Crippen LogP contribution < -0.4 is 10.1 Å². The molecule has 23 heavy (non-hydrogen) atoms. The number of anilines is 1. The lowest BCUT2D eigenvalue weighted by atomic mass is 10.0. The van der Waals surface area contributed by atoms with Crippen LogP contribution in [0.2, 0.25) is 0 Å². The largest absolute Gasteiger partial charge is 0.493 e. The van der Waals surface area contributed by atoms with Gasteiger partial charge in [0.1, 0.15) is 16.7 Å². The minimum Gasteiger partial charge on any atom is -0.493 e. The Bertz CT molecular complexity index is 912. The molecule has 3 rings (SSSR count). The molecule has 1 heterocycles. The maximum atomic E-state index is 12.7. The third kappa shape index (κ3) is 3.00. The van der Waals surface area contributed by atoms with Crippen LogP contribution in [0, 0.1) is 11.3 Å². The van der Waals surface area contributed by atoms with Gasteiger partial charge in [-0.1, -0.05) is 41.7 Å². The Hall–Kier alpha value is -2.91. The minimum absolute atomic E-state index is 0.302. The predicted molar refractivity (Wildman–Crippen MR) is 89.9 cm³/mol. The second kappa shape index (κ2) is 6.46. The van der Waals surface area contributed by atoms with Gasteiger partial charge in [-0.25, -0.2) is 4.98 Å². The fourth-order valence-electron chi connectivity index (χ4n) is 2.30. The number of ether oxygens (including phenoxy) is 1. The number of benzene rings is 2. The summed E-state index contributed by atoms with van der Waals surface area (Å²) in [6.07, 6.45) is 1.44. The van der Waals surface area contributed by atoms with Crippen LogP contribution in [0.15, 0.2) is 42.6 Å². The minimum atomic E-state index is -0.302. The summed E-state index contributed by atoms with van der Waals surface area (Å²) in [5, 5.41) is 13.7. The van der Waals surface area contributed by atoms with Gasteiger partial charge < -0.3 is 4.74 Å². The van der Waals surface area contributed by atoms with E-state index in [1.54, 1.807) is 6.07 Å². The summed E-state index contributed by atoms with van der Waals surface area (Å²) < 4.78 is 5.60. The maximum absolute atomic E-state index is 12.7. The van der Waals surface area contributed by atoms with Crippen molar-refractivity contribution in [1.82, 2.24) is 4.98 Å². The number of carbonyl (C=O) groups is 1. The lowest BCUT2D eigenvalue weighted by Crippen LogP contribution is -2.14. The van der Waals surface area contributed by atoms with E-state index in [9.17, 15) is 4.79 Å². The second-order valence-corrected chi connectivity index (χ2v) is 5.72. The first-order valence-electron chi connectivity index (χ1n) is 7.04. The Labute approximate surface area is 137 Å². The van der Waals surface area contributed by atoms with E-state index in [1.807, 2.05) is 43.3 Å². The number of rotatable bonds is 4. The van der Waals surface area contributed by atoms with E-state index in [2.05, 4.69) is 10.3 Å². The van der Waals surface area contributed by atoms with Crippen LogP contribution in [0.25, 0.3) is 10.8 Å². The molecule has 0 saturated carbocycles. The molecule has 0 spiro atoms. The molecule has 0 aliphatic heterocycles. The van der Waals surface area contributed by atoms with E-state index in [4.69, 9.17) is 10.00 Å². The molecule has 0 fully saturated rings. The van der Waals surface area contributed by atoms with Gasteiger partial charge in [0.15, 0.2) is 5.13 Å². The molecule has 0 unspecified atom stereocenters. The molecule has 6 heteroatoms. The van der Waals surface area contributed by atoms with Crippen molar-refractivity contribution in [2.45, 2.75) is 6.92 Å². The lowest BCUT2D eigenvalue weighted by molar-refractivity contribution is 0.102. The first-order chi connectivity index (χ1) is 11.2. The predicted octanol–water partition coefficient (Wildman–Crippen LogP) is 3.82. The molecule has 0 aliphatic rings. The number of carbonyl (C=O) groups excluding carboxylic acids is 1. The van der Waals surface area contributed by atoms with E-state index >= 15 is 0 Å². The SMILES string of the molecule is CCOc1ccc2ccccc2c1C(=O)Nc1ncc(C#N)s1. The number of nitrogens with one attached hydrogen (secondary N) is 1. The molecule has 5 nitrogen and oxygen atoms in total. The highest BCUT2D eigenvalue weighted by Crippen LogP contribution is 2.29. The summed E-state index contributed by atoms with van der Waals surface area (Å²) in [6.45, 7) is 2.34. The standard InChI is InChI=1S/C17H13N3O2S/c1-2-22-14-8-7-11-5-3-4-6-13(11)15(14)16(21)20-17-19-10-12(9-18)23-17/h3-8,10H,2H2,1H3,(H,19,20,21). The van der Waals surface area contributed by atoms with Gasteiger partial charge in [0.2, 0.25) is 0 Å². The van der Waals surface area contributed by atoms with Crippen molar-refractivity contribution in [2.24, 2.45) is 0 Å². The Balaban J connectivity index is 2.03. The lowest BCUT2D eigenvalue weighted by Gasteiger charge is -2.12. The van der Waals surface area contributed by atoms with Gasteiger partial charge in [0.05, 0.1) is 18.4 Å². The van der Waals surface area contributed by atoms with E-state index in [1.165, 1.54) is 6.20 Å². The number of fused-ring (bicyclic) bond motifs is 1. The van der Waals surface area contributed by atoms with E-state index in [0.717, 1.165) is 22.1 Å². The van der Waals surface area contributed by atoms with Crippen molar-refractivity contribution in [3.63, 3.8) is 0 Å². The van der Waals surface area contributed by atoms with Crippen LogP contribution >= 0.6 is 11.3 Å². The van der Waals surface area contributed by atoms with Crippen LogP contribution in [-0.4, -0.2) is 17.5 Å². The molecule has 0 atom stereocenters. The molecular weight excluding hydrogens is 310 g/mol. The van der Waals surface area contributed by atoms with Gasteiger partial charge in [0.25, 0.3) is 5.91 Å². The summed E-state index contributed by atoms with van der Waals surface area (Å²) in [5.41, 5.74) is 0.471. The van der Waals surface area contributed by atoms with Crippen LogP contribution in [-0.2, 0) is 0 Å². The summed E-state index contributed by atoms with van der Waals surface area (Å²) in [6, 6.07) is 13.4. The molecule has 2 aromatic carbocycles. The van der Waals surface area contributed by atoms with E-state index in [-0.39, 0.29) is 5.91 Å². The number of hydrogen-bond donors (Lipinski definition) is 1. The van der Waals surface area contributed by atoms with Gasteiger partial charge in [-0.15, -0.1) is 0 Å². The molecule has 0 radical (unpaired) electrons. The van der Waals surface area contributed by atoms with Crippen molar-refractivity contribution in [2.75, 3.05) is 11.9 Å². The molecule has 114 valence electrons. The molecule has 0 aliphatic carbocycles. The second-order valence-electron chi connectivity index (χ2n) is 4.69. The first kappa shape index (κ1) is 15.0. The number of amides is 1. The van der Waals surface area contributed by atoms with Gasteiger partial charge in [0, 0.05) is 0 Å². The number of thiazole rings is 1. The molecule has 3 aromatic rings. The Morgan fingerprint density at radius 3 is 2.91 bits per heavy atom. The normalized spacial score (nSPS) is 10.3. The van der Waals surface area contributed by atoms with Crippen molar-refractivity contribution in [3.05, 3.63) is 53.0 Å². The average Bonchev–Trinajstić information content (AvgIpc) is 3.02. The third-order valence-corrected chi connectivity index (χ3v) is 4.07. The Morgan fingerprint density at radius 2 is 2.17 bits per heavy atom. The zero-order valence-electron chi connectivity index (χ0n) is 12.4. The van der Waals surface area contributed by atoms with E-state index in [0.29, 0.717) is 27.9 Å². The highest BCUT2D eigenvalue weighted by atomic mass is 32.1. The topological polar surface area (TPSA) is 75.0 Å². The number of nitriles is 1. The van der Waals surface area contributed by atoms with Gasteiger partial charge >= 0.3 is 0 Å². The summed E-state index contributed by atoms with van der Waals surface area (Å²) >= 11 is 1.14. The van der Waals surface area contributed by atoms with Crippen LogP contribution in [0.5, 0.6) is 5.75 Å². The molecule has 1 aromatic heterocycles. The fourth-order valence-corrected chi connectivity index (χ4v) is 2.91. The van der Waals surface area contributed by atoms with Crippen molar-refractivity contribution < 1.29 is 9.53 Å². The average molecular weight is 323 g/mol. The molecule has 1 amide bonds. The smallest absolute Gasteiger partial charge is 0.261 e. The summed E-state index contributed by atoms with van der Waals surface area (Å²) in [5.74, 6) is 0.227. The molecular formula is C17H13N3O2S. The van der Waals surface area contributed by atoms with Crippen molar-refractivity contribution in [3.8, 4) is 11.8 Å². The zero-order valence-corrected chi connectivity index (χ0v) is 13.2. The van der Waals surface area contributed by atoms with Crippen LogP contribution in [0.1, 0.15) is 22.2 Å². The maximum Gasteiger partial charge on any atom is 0.261 e. The van der Waals surface area contributed by atoms with Crippen molar-refractivity contribution in [1.29, 1.82) is 5.26 Å². The van der Waals surface area contributed by atoms with Gasteiger partial charge in [-0.3, -0.25) is 10.1 Å². The van der Waals surface area contributed by atoms with Crippen LogP contribution in [0.3, 0.4) is 0 Å². The number of hydrogen-bond acceptors (Lipinski definition) is 5. The Morgan fingerprint density at radius 1 is 1.35 bits per heavy atom. The number of nitrogens with zero attached hydrogens (tertiary/aromatic N) is 2. The van der Waals surface area contributed by atoms with Gasteiger partial charge in [-0.05, 0) is 23.8 Å². The highest BCUT2D eigenvalue weighted by molar-refractivity contribution is 7.16. The highest BCUT2D eigenvalue weighted by Gasteiger charge is 2.18. The fraction of sp³-hybridized carbons (Fsp3) is 0.118. The summed E-state index contributed by atoms with van der Waals surface area (Å²) in [7, 11) is 0. The molecule has 0 bridgehead atoms. The van der Waals surface area contributed by atoms with E-state index < -0.39 is 0 Å². The first-order valence-corrected chi connectivity index (χ1v) is 7.86. The third-order valence-electron chi connectivity index (χ3n) is 3.25. The molecule has 0 saturated heterocycles. The summed E-state index contributed by atoms with van der Waals surface area (Å²) in [4.78, 5) is 17.2. The Kier molecular flexibility index (Phi) is 4.22. The molecule has 1 N–H and O–H groups in total. The van der Waals surface area contributed by atoms with Crippen LogP contribution in [0.4, 0.5) is 5.13 Å². The van der Waals surface area contributed by atoms with Gasteiger partial charge in [-0.2, -0.15) is 5.26 Å². The number of aromatic nitrogens is 1. The zero-order chi connectivity index (χ0) is 16.2. The van der Waals surface area contributed by atoms with Crippen molar-refractivity contribution >= 4 is 33.1 Å².